The number of nitrogens with zero attached hydrogens (tertiary/aromatic N) is 9. The third-order valence-corrected chi connectivity index (χ3v) is 24.1. The number of nitro benzene ring substituents is 1. The number of piperazine rings is 2. The molecule has 12 rings (SSSR count). The summed E-state index contributed by atoms with van der Waals surface area (Å²) in [4.78, 5) is 107. The number of β-amino-alcohol motifs (C(OH)–C–C–N with tert-alkyl or cyclic N) is 1. The van der Waals surface area contributed by atoms with E-state index in [-0.39, 0.29) is 59.8 Å². The van der Waals surface area contributed by atoms with E-state index in [9.17, 15) is 47.6 Å². The molecule has 0 saturated carbocycles. The fraction of sp³-hybridized carbons (Fsp3) is 0.487. The van der Waals surface area contributed by atoms with Crippen LogP contribution in [0.4, 0.5) is 28.4 Å². The Balaban J connectivity index is 0.589. The maximum Gasteiger partial charge on any atom is 0.293 e. The van der Waals surface area contributed by atoms with Gasteiger partial charge < -0.3 is 50.4 Å². The first kappa shape index (κ1) is 78.6. The van der Waals surface area contributed by atoms with Crippen LogP contribution in [0.1, 0.15) is 152 Å². The molecular formula is C80H101ClN14O11S2. The number of ether oxygens (including phenoxy) is 1. The molecule has 0 radical (unpaired) electrons. The van der Waals surface area contributed by atoms with Crippen molar-refractivity contribution in [2.24, 2.45) is 10.8 Å². The number of nitrogens with one attached hydrogen (secondary N) is 5. The molecular weight excluding hydrogens is 1430 g/mol. The van der Waals surface area contributed by atoms with E-state index < -0.39 is 60.9 Å². The van der Waals surface area contributed by atoms with E-state index in [2.05, 4.69) is 71.3 Å². The van der Waals surface area contributed by atoms with Crippen LogP contribution < -0.4 is 35.2 Å². The number of nitro groups is 1. The monoisotopic (exact) mass is 1530 g/mol. The van der Waals surface area contributed by atoms with Crippen LogP contribution in [0, 0.1) is 27.9 Å². The molecule has 5 aliphatic rings. The Hall–Kier alpha value is -8.99. The summed E-state index contributed by atoms with van der Waals surface area (Å²) in [5.41, 5.74) is 10.5. The number of carbonyl (C=O) groups is 5. The Labute approximate surface area is 641 Å². The van der Waals surface area contributed by atoms with Crippen molar-refractivity contribution < 1.29 is 47.2 Å². The van der Waals surface area contributed by atoms with E-state index in [0.717, 1.165) is 84.2 Å². The van der Waals surface area contributed by atoms with Gasteiger partial charge in [0, 0.05) is 126 Å². The molecule has 28 heteroatoms. The molecule has 3 fully saturated rings. The van der Waals surface area contributed by atoms with Gasteiger partial charge in [0.15, 0.2) is 0 Å². The number of benzene rings is 4. The predicted molar refractivity (Wildman–Crippen MR) is 422 cm³/mol. The number of fused-ring (bicyclic) bond motifs is 2. The quantitative estimate of drug-likeness (QED) is 0.0158. The van der Waals surface area contributed by atoms with Crippen molar-refractivity contribution in [3.8, 4) is 16.3 Å². The minimum atomic E-state index is -4.68. The number of sulfonamides is 1. The Morgan fingerprint density at radius 1 is 0.843 bits per heavy atom. The number of hydrogen-bond acceptors (Lipinski definition) is 19. The summed E-state index contributed by atoms with van der Waals surface area (Å²) < 4.78 is 37.0. The number of carbonyl (C=O) groups excluding carboxylic acids is 5. The Kier molecular flexibility index (Phi) is 25.0. The van der Waals surface area contributed by atoms with E-state index in [1.165, 1.54) is 33.7 Å². The number of aromatic nitrogens is 3. The summed E-state index contributed by atoms with van der Waals surface area (Å²) in [6.45, 7) is 22.1. The zero-order chi connectivity index (χ0) is 76.6. The van der Waals surface area contributed by atoms with Gasteiger partial charge in [-0.3, -0.25) is 43.9 Å². The number of aliphatic hydroxyl groups excluding tert-OH is 1. The molecule has 6 N–H and O–H groups in total. The third-order valence-electron chi connectivity index (χ3n) is 21.6. The molecule has 7 aromatic rings. The van der Waals surface area contributed by atoms with Crippen LogP contribution in [0.15, 0.2) is 119 Å². The lowest BCUT2D eigenvalue weighted by Gasteiger charge is -2.39. The summed E-state index contributed by atoms with van der Waals surface area (Å²) in [7, 11) is -4.68. The standard InChI is InChI=1S/C80H101ClN14O11S2/c1-52(54-16-18-56(19-17-54)72-53(2)84-51-107-72)85-76(100)68-46-61(96)50-94(68)78(101)73(79(3,4)5)86-70(97)14-10-8-9-11-15-71(98)92-41-35-89(36-42-92)33-12-31-82-65-27-25-62(47-67(65)95(102)103)108(104,105)88-75(99)63-26-24-60(45-66(63)93-34-13-43-106-77-69(93)44-57-29-32-83-74(57)87-77)91-39-37-90(38-40-91)49-58-28-30-80(6,7)48-64(58)55-20-22-59(81)23-21-55/h16-27,29,32,44-45,47,51-52,61,68,73,82,96H,8-15,28,30-31,33-43,46,48-50H2,1-7H3,(H,83,87)(H,85,100)(H,86,97)(H,88,99)/t52-,61+,68-,73+/m0/s1. The largest absolute Gasteiger partial charge is 0.476 e. The van der Waals surface area contributed by atoms with Gasteiger partial charge in [-0.25, -0.2) is 18.1 Å². The average molecular weight is 1530 g/mol. The predicted octanol–water partition coefficient (Wildman–Crippen LogP) is 12.0. The molecule has 4 atom stereocenters. The van der Waals surface area contributed by atoms with E-state index in [1.54, 1.807) is 23.6 Å². The summed E-state index contributed by atoms with van der Waals surface area (Å²) in [6, 6.07) is 26.7. The van der Waals surface area contributed by atoms with E-state index >= 15 is 0 Å². The SMILES string of the molecule is Cc1ncsc1-c1ccc([C@H](C)NC(=O)[C@@H]2C[C@@H](O)CN2C(=O)[C@@H](NC(=O)CCCCCCC(=O)N2CCN(CCCNc3ccc(S(=O)(=O)NC(=O)c4ccc(N5CCN(CC6=C(c7ccc(Cl)cc7)CC(C)(C)CC6)CC5)cc4N4CCCOc5nc6[nH]ccc6cc54)cc3[N+](=O)[O-])CC2)C(C)(C)C)cc1. The highest BCUT2D eigenvalue weighted by Crippen LogP contribution is 2.45. The molecule has 0 bridgehead atoms. The minimum absolute atomic E-state index is 0.0264. The number of amides is 5. The third kappa shape index (κ3) is 19.2. The van der Waals surface area contributed by atoms with Gasteiger partial charge in [-0.1, -0.05) is 101 Å². The molecule has 108 heavy (non-hydrogen) atoms. The van der Waals surface area contributed by atoms with Crippen molar-refractivity contribution in [3.05, 3.63) is 152 Å². The van der Waals surface area contributed by atoms with Crippen LogP contribution in [0.3, 0.4) is 0 Å². The first-order chi connectivity index (χ1) is 51.6. The van der Waals surface area contributed by atoms with Gasteiger partial charge in [0.1, 0.15) is 29.1 Å². The highest BCUT2D eigenvalue weighted by atomic mass is 35.5. The average Bonchev–Trinajstić information content (AvgIpc) is 1.42. The van der Waals surface area contributed by atoms with Crippen molar-refractivity contribution in [3.63, 3.8) is 0 Å². The first-order valence-electron chi connectivity index (χ1n) is 37.8. The second-order valence-corrected chi connectivity index (χ2v) is 34.1. The number of pyridine rings is 1. The van der Waals surface area contributed by atoms with Crippen molar-refractivity contribution in [1.29, 1.82) is 0 Å². The normalized spacial score (nSPS) is 18.6. The number of aryl methyl sites for hydroxylation is 1. The number of halogens is 1. The van der Waals surface area contributed by atoms with Gasteiger partial charge in [0.05, 0.1) is 55.9 Å². The van der Waals surface area contributed by atoms with Gasteiger partial charge in [0.2, 0.25) is 29.5 Å². The number of anilines is 4. The molecule has 0 unspecified atom stereocenters. The van der Waals surface area contributed by atoms with Crippen LogP contribution in [-0.2, 0) is 29.2 Å². The molecule has 3 aromatic heterocycles. The summed E-state index contributed by atoms with van der Waals surface area (Å²) >= 11 is 7.88. The Morgan fingerprint density at radius 3 is 2.28 bits per heavy atom. The molecule has 25 nitrogen and oxygen atoms in total. The molecule has 0 spiro atoms. The van der Waals surface area contributed by atoms with Crippen molar-refractivity contribution in [1.82, 2.24) is 49.9 Å². The van der Waals surface area contributed by atoms with Gasteiger partial charge in [-0.05, 0) is 153 Å². The van der Waals surface area contributed by atoms with E-state index in [0.29, 0.717) is 132 Å². The number of rotatable bonds is 27. The lowest BCUT2D eigenvalue weighted by Crippen LogP contribution is -2.57. The molecule has 576 valence electrons. The maximum absolute atomic E-state index is 14.7. The Bertz CT molecular complexity index is 4560. The maximum atomic E-state index is 14.7. The molecule has 4 aliphatic heterocycles. The number of H-pyrrole nitrogens is 1. The number of aliphatic hydroxyl groups is 1. The second-order valence-electron chi connectivity index (χ2n) is 31.1. The second kappa shape index (κ2) is 34.3. The van der Waals surface area contributed by atoms with Crippen molar-refractivity contribution >= 4 is 108 Å². The highest BCUT2D eigenvalue weighted by molar-refractivity contribution is 7.90. The molecule has 1 aliphatic carbocycles. The molecule has 4 aromatic carbocycles. The van der Waals surface area contributed by atoms with Crippen LogP contribution in [0.25, 0.3) is 27.0 Å². The van der Waals surface area contributed by atoms with Gasteiger partial charge >= 0.3 is 0 Å². The first-order valence-corrected chi connectivity index (χ1v) is 40.5. The summed E-state index contributed by atoms with van der Waals surface area (Å²) in [6.07, 6.45) is 8.49. The van der Waals surface area contributed by atoms with Gasteiger partial charge in [-0.15, -0.1) is 11.3 Å². The van der Waals surface area contributed by atoms with Crippen LogP contribution in [0.5, 0.6) is 5.88 Å². The smallest absolute Gasteiger partial charge is 0.293 e. The number of likely N-dealkylation sites (tertiary alicyclic amines) is 1. The topological polar surface area (TPSA) is 301 Å². The van der Waals surface area contributed by atoms with E-state index in [4.69, 9.17) is 21.3 Å². The van der Waals surface area contributed by atoms with Gasteiger partial charge in [0.25, 0.3) is 21.6 Å². The van der Waals surface area contributed by atoms with Crippen LogP contribution in [0.2, 0.25) is 5.02 Å². The fourth-order valence-corrected chi connectivity index (χ4v) is 17.3. The zero-order valence-electron chi connectivity index (χ0n) is 62.8. The number of unbranched alkanes of at least 4 members (excludes halogenated alkanes) is 3. The highest BCUT2D eigenvalue weighted by Gasteiger charge is 2.45. The number of thiazole rings is 1. The number of aromatic amines is 1. The number of hydrogen-bond donors (Lipinski definition) is 6. The molecule has 3 saturated heterocycles. The molecule has 5 amide bonds. The molecule has 7 heterocycles. The van der Waals surface area contributed by atoms with Crippen LogP contribution in [-0.4, -0.2) is 192 Å². The van der Waals surface area contributed by atoms with E-state index in [1.807, 2.05) is 111 Å². The Morgan fingerprint density at radius 2 is 1.56 bits per heavy atom. The van der Waals surface area contributed by atoms with Crippen LogP contribution >= 0.6 is 22.9 Å². The minimum Gasteiger partial charge on any atom is -0.476 e. The zero-order valence-corrected chi connectivity index (χ0v) is 65.2. The fourth-order valence-electron chi connectivity index (χ4n) is 15.3. The summed E-state index contributed by atoms with van der Waals surface area (Å²) in [5.74, 6) is -1.58. The lowest BCUT2D eigenvalue weighted by atomic mass is 9.72. The summed E-state index contributed by atoms with van der Waals surface area (Å²) in [5, 5.41) is 34.0. The lowest BCUT2D eigenvalue weighted by molar-refractivity contribution is -0.384. The van der Waals surface area contributed by atoms with Crippen molar-refractivity contribution in [2.45, 2.75) is 155 Å². The van der Waals surface area contributed by atoms with Crippen molar-refractivity contribution in [2.75, 3.05) is 107 Å². The van der Waals surface area contributed by atoms with Gasteiger partial charge in [-0.2, -0.15) is 4.98 Å². The number of allylic oxidation sites excluding steroid dienone is 1.